The number of aliphatic hydroxyl groups is 1. The maximum Gasteiger partial charge on any atom is 0.0899 e. The van der Waals surface area contributed by atoms with Crippen molar-refractivity contribution >= 4 is 0 Å². The fourth-order valence-electron chi connectivity index (χ4n) is 2.59. The highest BCUT2D eigenvalue weighted by Gasteiger charge is 2.21. The number of rotatable bonds is 8. The minimum Gasteiger partial charge on any atom is -0.389 e. The van der Waals surface area contributed by atoms with E-state index in [0.717, 1.165) is 13.2 Å². The van der Waals surface area contributed by atoms with Gasteiger partial charge in [0, 0.05) is 20.2 Å². The second-order valence-corrected chi connectivity index (χ2v) is 5.54. The Kier molecular flexibility index (Phi) is 7.82. The van der Waals surface area contributed by atoms with E-state index in [4.69, 9.17) is 9.47 Å². The molecule has 0 heterocycles. The fraction of sp³-hybridized carbons (Fsp3) is 1.00. The van der Waals surface area contributed by atoms with Crippen LogP contribution in [0.2, 0.25) is 0 Å². The third kappa shape index (κ3) is 6.14. The number of ether oxygens (including phenoxy) is 2. The summed E-state index contributed by atoms with van der Waals surface area (Å²) >= 11 is 0. The molecule has 0 aromatic carbocycles. The minimum absolute atomic E-state index is 0.394. The number of methoxy groups -OCH3 is 1. The zero-order valence-electron chi connectivity index (χ0n) is 12.1. The molecule has 1 rings (SSSR count). The first kappa shape index (κ1) is 15.9. The van der Waals surface area contributed by atoms with Crippen LogP contribution < -0.4 is 0 Å². The highest BCUT2D eigenvalue weighted by atomic mass is 16.5. The highest BCUT2D eigenvalue weighted by molar-refractivity contribution is 4.72. The molecule has 3 atom stereocenters. The standard InChI is InChI=1S/C14H29NO3/c1-12-6-4-5-7-14(12)18-9-8-15(2)10-13(16)11-17-3/h12-14,16H,4-11H2,1-3H3. The summed E-state index contributed by atoms with van der Waals surface area (Å²) in [6.45, 7) is 4.94. The largest absolute Gasteiger partial charge is 0.389 e. The second-order valence-electron chi connectivity index (χ2n) is 5.54. The molecule has 0 bridgehead atoms. The van der Waals surface area contributed by atoms with Crippen molar-refractivity contribution in [3.8, 4) is 0 Å². The predicted octanol–water partition coefficient (Wildman–Crippen LogP) is 1.52. The van der Waals surface area contributed by atoms with Crippen LogP contribution >= 0.6 is 0 Å². The fourth-order valence-corrected chi connectivity index (χ4v) is 2.59. The van der Waals surface area contributed by atoms with Gasteiger partial charge in [0.1, 0.15) is 0 Å². The van der Waals surface area contributed by atoms with Crippen molar-refractivity contribution in [3.63, 3.8) is 0 Å². The SMILES string of the molecule is COCC(O)CN(C)CCOC1CCCCC1C. The van der Waals surface area contributed by atoms with Crippen molar-refractivity contribution in [2.75, 3.05) is 40.5 Å². The van der Waals surface area contributed by atoms with E-state index in [1.807, 2.05) is 7.05 Å². The van der Waals surface area contributed by atoms with Gasteiger partial charge in [-0.1, -0.05) is 19.8 Å². The zero-order valence-corrected chi connectivity index (χ0v) is 12.1. The quantitative estimate of drug-likeness (QED) is 0.717. The lowest BCUT2D eigenvalue weighted by Crippen LogP contribution is -2.35. The van der Waals surface area contributed by atoms with Crippen molar-refractivity contribution in [1.29, 1.82) is 0 Å². The summed E-state index contributed by atoms with van der Waals surface area (Å²) in [4.78, 5) is 2.09. The molecule has 0 saturated heterocycles. The van der Waals surface area contributed by atoms with E-state index in [-0.39, 0.29) is 0 Å². The van der Waals surface area contributed by atoms with Gasteiger partial charge in [0.05, 0.1) is 25.4 Å². The van der Waals surface area contributed by atoms with Crippen LogP contribution in [0.3, 0.4) is 0 Å². The summed E-state index contributed by atoms with van der Waals surface area (Å²) in [7, 11) is 3.61. The van der Waals surface area contributed by atoms with E-state index in [1.165, 1.54) is 25.7 Å². The number of hydrogen-bond donors (Lipinski definition) is 1. The van der Waals surface area contributed by atoms with E-state index in [1.54, 1.807) is 7.11 Å². The summed E-state index contributed by atoms with van der Waals surface area (Å²) in [6.07, 6.45) is 5.19. The molecule has 0 spiro atoms. The molecule has 0 aromatic rings. The first-order valence-electron chi connectivity index (χ1n) is 7.10. The summed E-state index contributed by atoms with van der Waals surface area (Å²) < 4.78 is 10.9. The van der Waals surface area contributed by atoms with Gasteiger partial charge >= 0.3 is 0 Å². The van der Waals surface area contributed by atoms with Gasteiger partial charge in [-0.2, -0.15) is 0 Å². The van der Waals surface area contributed by atoms with E-state index in [9.17, 15) is 5.11 Å². The molecule has 4 nitrogen and oxygen atoms in total. The Bertz CT molecular complexity index is 213. The molecule has 1 aliphatic carbocycles. The van der Waals surface area contributed by atoms with Crippen LogP contribution in [0.1, 0.15) is 32.6 Å². The third-order valence-electron chi connectivity index (χ3n) is 3.72. The molecular weight excluding hydrogens is 230 g/mol. The van der Waals surface area contributed by atoms with Crippen molar-refractivity contribution in [1.82, 2.24) is 4.90 Å². The minimum atomic E-state index is -0.409. The molecule has 3 unspecified atom stereocenters. The first-order valence-corrected chi connectivity index (χ1v) is 7.10. The number of hydrogen-bond acceptors (Lipinski definition) is 4. The highest BCUT2D eigenvalue weighted by Crippen LogP contribution is 2.26. The van der Waals surface area contributed by atoms with Gasteiger partial charge in [-0.05, 0) is 25.8 Å². The summed E-state index contributed by atoms with van der Waals surface area (Å²) in [5, 5.41) is 9.60. The Morgan fingerprint density at radius 1 is 1.33 bits per heavy atom. The first-order chi connectivity index (χ1) is 8.63. The molecule has 0 amide bonds. The van der Waals surface area contributed by atoms with E-state index < -0.39 is 6.10 Å². The van der Waals surface area contributed by atoms with Crippen LogP contribution in [-0.4, -0.2) is 62.7 Å². The molecule has 108 valence electrons. The van der Waals surface area contributed by atoms with Gasteiger partial charge in [0.15, 0.2) is 0 Å². The predicted molar refractivity (Wildman–Crippen MR) is 72.8 cm³/mol. The van der Waals surface area contributed by atoms with Crippen LogP contribution in [0.15, 0.2) is 0 Å². The molecule has 1 aliphatic rings. The van der Waals surface area contributed by atoms with Crippen molar-refractivity contribution in [2.45, 2.75) is 44.8 Å². The van der Waals surface area contributed by atoms with Crippen molar-refractivity contribution in [3.05, 3.63) is 0 Å². The lowest BCUT2D eigenvalue weighted by Gasteiger charge is -2.29. The molecular formula is C14H29NO3. The maximum atomic E-state index is 9.60. The molecule has 4 heteroatoms. The Labute approximate surface area is 111 Å². The normalized spacial score (nSPS) is 26.5. The smallest absolute Gasteiger partial charge is 0.0899 e. The van der Waals surface area contributed by atoms with Crippen molar-refractivity contribution < 1.29 is 14.6 Å². The van der Waals surface area contributed by atoms with Gasteiger partial charge in [0.2, 0.25) is 0 Å². The summed E-state index contributed by atoms with van der Waals surface area (Å²) in [5.41, 5.74) is 0. The van der Waals surface area contributed by atoms with Crippen LogP contribution in [0, 0.1) is 5.92 Å². The van der Waals surface area contributed by atoms with Crippen LogP contribution in [0.5, 0.6) is 0 Å². The molecule has 1 N–H and O–H groups in total. The third-order valence-corrected chi connectivity index (χ3v) is 3.72. The number of aliphatic hydroxyl groups excluding tert-OH is 1. The second kappa shape index (κ2) is 8.86. The topological polar surface area (TPSA) is 41.9 Å². The van der Waals surface area contributed by atoms with Gasteiger partial charge in [-0.25, -0.2) is 0 Å². The Balaban J connectivity index is 2.09. The number of nitrogens with zero attached hydrogens (tertiary/aromatic N) is 1. The molecule has 0 aliphatic heterocycles. The summed E-state index contributed by atoms with van der Waals surface area (Å²) in [5.74, 6) is 0.697. The van der Waals surface area contributed by atoms with Gasteiger partial charge in [0.25, 0.3) is 0 Å². The van der Waals surface area contributed by atoms with E-state index in [0.29, 0.717) is 25.2 Å². The Morgan fingerprint density at radius 2 is 2.06 bits per heavy atom. The maximum absolute atomic E-state index is 9.60. The van der Waals surface area contributed by atoms with Crippen LogP contribution in [0.25, 0.3) is 0 Å². The molecule has 18 heavy (non-hydrogen) atoms. The number of likely N-dealkylation sites (N-methyl/N-ethyl adjacent to an activating group) is 1. The lowest BCUT2D eigenvalue weighted by atomic mass is 9.88. The molecule has 1 fully saturated rings. The molecule has 0 radical (unpaired) electrons. The van der Waals surface area contributed by atoms with Gasteiger partial charge in [-0.15, -0.1) is 0 Å². The lowest BCUT2D eigenvalue weighted by molar-refractivity contribution is -0.0179. The van der Waals surface area contributed by atoms with Crippen molar-refractivity contribution in [2.24, 2.45) is 5.92 Å². The summed E-state index contributed by atoms with van der Waals surface area (Å²) in [6, 6.07) is 0. The van der Waals surface area contributed by atoms with Crippen LogP contribution in [-0.2, 0) is 9.47 Å². The molecule has 1 saturated carbocycles. The monoisotopic (exact) mass is 259 g/mol. The molecule has 0 aromatic heterocycles. The van der Waals surface area contributed by atoms with Gasteiger partial charge < -0.3 is 19.5 Å². The van der Waals surface area contributed by atoms with E-state index in [2.05, 4.69) is 11.8 Å². The van der Waals surface area contributed by atoms with E-state index >= 15 is 0 Å². The zero-order chi connectivity index (χ0) is 13.4. The average Bonchev–Trinajstić information content (AvgIpc) is 2.31. The van der Waals surface area contributed by atoms with Crippen LogP contribution in [0.4, 0.5) is 0 Å². The Morgan fingerprint density at radius 3 is 2.72 bits per heavy atom. The average molecular weight is 259 g/mol. The van der Waals surface area contributed by atoms with Gasteiger partial charge in [-0.3, -0.25) is 0 Å². The Hall–Kier alpha value is -0.160.